The van der Waals surface area contributed by atoms with Gasteiger partial charge < -0.3 is 10.2 Å². The van der Waals surface area contributed by atoms with Crippen LogP contribution in [0.2, 0.25) is 0 Å². The normalized spacial score (nSPS) is 13.2. The molecular formula is C10H17CrNO10. The predicted octanol–water partition coefficient (Wildman–Crippen LogP) is -1.22. The summed E-state index contributed by atoms with van der Waals surface area (Å²) < 4.78 is 31.9. The molecular weight excluding hydrogens is 346 g/mol. The summed E-state index contributed by atoms with van der Waals surface area (Å²) in [6.45, 7) is 0. The van der Waals surface area contributed by atoms with Gasteiger partial charge in [0.05, 0.1) is 0 Å². The van der Waals surface area contributed by atoms with Crippen molar-refractivity contribution < 1.29 is 58.9 Å². The first-order valence-electron chi connectivity index (χ1n) is 5.88. The summed E-state index contributed by atoms with van der Waals surface area (Å²) in [5.41, 5.74) is 0. The third-order valence-electron chi connectivity index (χ3n) is 1.89. The Morgan fingerprint density at radius 3 is 1.32 bits per heavy atom. The minimum atomic E-state index is -5.25. The molecule has 1 aliphatic heterocycles. The minimum absolute atomic E-state index is 0.0628. The van der Waals surface area contributed by atoms with Gasteiger partial charge in [0.2, 0.25) is 11.8 Å². The van der Waals surface area contributed by atoms with E-state index in [0.717, 1.165) is 0 Å². The van der Waals surface area contributed by atoms with Gasteiger partial charge in [0.1, 0.15) is 0 Å². The van der Waals surface area contributed by atoms with Crippen LogP contribution in [0.5, 0.6) is 0 Å². The first-order valence-corrected chi connectivity index (χ1v) is 8.06. The molecule has 0 aromatic rings. The summed E-state index contributed by atoms with van der Waals surface area (Å²) >= 11 is -5.25. The Kier molecular flexibility index (Phi) is 12.0. The second kappa shape index (κ2) is 11.8. The van der Waals surface area contributed by atoms with E-state index >= 15 is 0 Å². The molecule has 1 aliphatic rings. The third kappa shape index (κ3) is 26.6. The van der Waals surface area contributed by atoms with E-state index in [2.05, 4.69) is 5.32 Å². The molecule has 0 aromatic carbocycles. The van der Waals surface area contributed by atoms with Gasteiger partial charge in [0.15, 0.2) is 0 Å². The average Bonchev–Trinajstić information content (AvgIpc) is 2.67. The molecule has 0 aliphatic carbocycles. The predicted molar refractivity (Wildman–Crippen MR) is 61.9 cm³/mol. The standard InChI is InChI=1S/C6H10O4.C4H5NO2.Cr.2H2O.2O/c7-5(8)3-1-2-4-6(9)10;6-3-1-2-4(7)5-3;;;;;/h1-4H2,(H,7,8)(H,9,10);1-2H2,(H,5,6,7);;2*1H2;;/q;;+2;;;;/p-2. The maximum atomic E-state index is 10.1. The number of carbonyl (C=O) groups excluding carboxylic acids is 2. The quantitative estimate of drug-likeness (QED) is 0.292. The number of carboxylic acid groups (broad SMARTS) is 2. The van der Waals surface area contributed by atoms with Crippen molar-refractivity contribution in [3.8, 4) is 0 Å². The van der Waals surface area contributed by atoms with Crippen molar-refractivity contribution in [3.63, 3.8) is 0 Å². The van der Waals surface area contributed by atoms with Crippen LogP contribution < -0.4 is 5.32 Å². The van der Waals surface area contributed by atoms with Crippen molar-refractivity contribution in [2.24, 2.45) is 0 Å². The molecule has 1 heterocycles. The number of hydrogen-bond donors (Lipinski definition) is 5. The number of nitrogens with one attached hydrogen (secondary N) is 1. The zero-order chi connectivity index (χ0) is 17.8. The summed E-state index contributed by atoms with van der Waals surface area (Å²) in [5.74, 6) is -2.04. The number of aliphatic carboxylic acids is 2. The van der Waals surface area contributed by atoms with Gasteiger partial charge in [-0.25, -0.2) is 0 Å². The molecule has 1 rings (SSSR count). The van der Waals surface area contributed by atoms with Crippen LogP contribution in [-0.4, -0.2) is 42.3 Å². The molecule has 128 valence electrons. The number of unbranched alkanes of at least 4 members (excludes halogenated alkanes) is 1. The molecule has 12 heteroatoms. The summed E-state index contributed by atoms with van der Waals surface area (Å²) in [6.07, 6.45) is 1.77. The van der Waals surface area contributed by atoms with Crippen LogP contribution in [-0.2, 0) is 40.4 Å². The molecule has 2 amide bonds. The Hall–Kier alpha value is -1.87. The van der Waals surface area contributed by atoms with Crippen molar-refractivity contribution in [1.29, 1.82) is 0 Å². The molecule has 1 saturated heterocycles. The zero-order valence-corrected chi connectivity index (χ0v) is 12.7. The fourth-order valence-electron chi connectivity index (χ4n) is 1.06. The van der Waals surface area contributed by atoms with Crippen molar-refractivity contribution in [3.05, 3.63) is 0 Å². The average molecular weight is 363 g/mol. The molecule has 1 fully saturated rings. The summed E-state index contributed by atoms with van der Waals surface area (Å²) in [4.78, 5) is 40.0. The number of imide groups is 1. The Bertz CT molecular complexity index is 460. The van der Waals surface area contributed by atoms with Crippen LogP contribution >= 0.6 is 0 Å². The maximum absolute atomic E-state index is 10.1. The Morgan fingerprint density at radius 2 is 1.18 bits per heavy atom. The number of carboxylic acids is 2. The number of rotatable bonds is 5. The SMILES string of the molecule is O=C(O)CCCCC(=O)O.O=C1CCC(=O)N1.[O]=[Cr](=[O])([OH])[OH]. The number of amides is 2. The van der Waals surface area contributed by atoms with Gasteiger partial charge in [-0.15, -0.1) is 0 Å². The van der Waals surface area contributed by atoms with E-state index in [0.29, 0.717) is 25.7 Å². The molecule has 0 aromatic heterocycles. The molecule has 0 radical (unpaired) electrons. The molecule has 0 saturated carbocycles. The molecule has 5 N–H and O–H groups in total. The van der Waals surface area contributed by atoms with Crippen molar-refractivity contribution in [2.75, 3.05) is 0 Å². The molecule has 0 bridgehead atoms. The Morgan fingerprint density at radius 1 is 0.909 bits per heavy atom. The van der Waals surface area contributed by atoms with Crippen LogP contribution in [0.4, 0.5) is 0 Å². The van der Waals surface area contributed by atoms with Gasteiger partial charge in [0.25, 0.3) is 0 Å². The first-order chi connectivity index (χ1) is 9.91. The van der Waals surface area contributed by atoms with Crippen LogP contribution in [0.1, 0.15) is 38.5 Å². The fourth-order valence-corrected chi connectivity index (χ4v) is 1.06. The zero-order valence-electron chi connectivity index (χ0n) is 11.4. The van der Waals surface area contributed by atoms with Crippen molar-refractivity contribution in [2.45, 2.75) is 38.5 Å². The topological polar surface area (TPSA) is 195 Å². The van der Waals surface area contributed by atoms with E-state index in [9.17, 15) is 19.2 Å². The monoisotopic (exact) mass is 363 g/mol. The summed E-state index contributed by atoms with van der Waals surface area (Å²) in [5, 5.41) is 18.4. The summed E-state index contributed by atoms with van der Waals surface area (Å²) in [7, 11) is 0. The van der Waals surface area contributed by atoms with Crippen molar-refractivity contribution in [1.82, 2.24) is 5.32 Å². The van der Waals surface area contributed by atoms with E-state index in [-0.39, 0.29) is 24.7 Å². The van der Waals surface area contributed by atoms with Crippen LogP contribution in [0, 0.1) is 0 Å². The molecule has 0 spiro atoms. The van der Waals surface area contributed by atoms with E-state index in [1.54, 1.807) is 0 Å². The Labute approximate surface area is 127 Å². The van der Waals surface area contributed by atoms with Gasteiger partial charge >= 0.3 is 41.5 Å². The van der Waals surface area contributed by atoms with Crippen molar-refractivity contribution >= 4 is 23.8 Å². The van der Waals surface area contributed by atoms with Gasteiger partial charge in [0, 0.05) is 25.7 Å². The number of hydrogen-bond acceptors (Lipinski definition) is 6. The van der Waals surface area contributed by atoms with Gasteiger partial charge in [-0.1, -0.05) is 0 Å². The van der Waals surface area contributed by atoms with Crippen LogP contribution in [0.15, 0.2) is 0 Å². The van der Waals surface area contributed by atoms with Crippen LogP contribution in [0.25, 0.3) is 0 Å². The Balaban J connectivity index is 0. The molecule has 0 unspecified atom stereocenters. The van der Waals surface area contributed by atoms with E-state index < -0.39 is 25.6 Å². The van der Waals surface area contributed by atoms with Gasteiger partial charge in [-0.2, -0.15) is 0 Å². The summed E-state index contributed by atoms with van der Waals surface area (Å²) in [6, 6.07) is 0. The van der Waals surface area contributed by atoms with Gasteiger partial charge in [-0.3, -0.25) is 24.5 Å². The van der Waals surface area contributed by atoms with Gasteiger partial charge in [-0.05, 0) is 12.8 Å². The van der Waals surface area contributed by atoms with E-state index in [1.165, 1.54) is 0 Å². The van der Waals surface area contributed by atoms with E-state index in [4.69, 9.17) is 26.1 Å². The third-order valence-corrected chi connectivity index (χ3v) is 1.89. The molecule has 11 nitrogen and oxygen atoms in total. The molecule has 22 heavy (non-hydrogen) atoms. The molecule has 0 atom stereocenters. The first kappa shape index (κ1) is 22.4. The fraction of sp³-hybridized carbons (Fsp3) is 0.600. The second-order valence-corrected chi connectivity index (χ2v) is 5.31. The van der Waals surface area contributed by atoms with Crippen LogP contribution in [0.3, 0.4) is 0 Å². The number of carbonyl (C=O) groups is 4. The van der Waals surface area contributed by atoms with E-state index in [1.807, 2.05) is 0 Å². The second-order valence-electron chi connectivity index (χ2n) is 3.91.